The van der Waals surface area contributed by atoms with Gasteiger partial charge in [0.25, 0.3) is 0 Å². The van der Waals surface area contributed by atoms with Gasteiger partial charge in [-0.1, -0.05) is 0 Å². The van der Waals surface area contributed by atoms with Gasteiger partial charge in [0.1, 0.15) is 17.3 Å². The molecule has 0 saturated heterocycles. The maximum Gasteiger partial charge on any atom is 0.335 e. The van der Waals surface area contributed by atoms with Gasteiger partial charge in [0.15, 0.2) is 0 Å². The second kappa shape index (κ2) is 5.77. The number of carbonyl (C=O) groups is 1. The summed E-state index contributed by atoms with van der Waals surface area (Å²) < 4.78 is 27.3. The Balaban J connectivity index is 2.99. The van der Waals surface area contributed by atoms with Crippen molar-refractivity contribution in [3.05, 3.63) is 29.3 Å². The Labute approximate surface area is 103 Å². The number of rotatable bonds is 5. The van der Waals surface area contributed by atoms with Crippen molar-refractivity contribution < 1.29 is 23.8 Å². The first-order valence-electron chi connectivity index (χ1n) is 5.44. The van der Waals surface area contributed by atoms with Crippen molar-refractivity contribution in [2.45, 2.75) is 19.4 Å². The van der Waals surface area contributed by atoms with Gasteiger partial charge in [0, 0.05) is 13.6 Å². The summed E-state index contributed by atoms with van der Waals surface area (Å²) in [6, 6.07) is 1.55. The Morgan fingerprint density at radius 3 is 2.28 bits per heavy atom. The van der Waals surface area contributed by atoms with Gasteiger partial charge in [-0.25, -0.2) is 13.6 Å². The predicted octanol–water partition coefficient (Wildman–Crippen LogP) is 1.87. The molecule has 0 spiro atoms. The molecule has 1 aromatic rings. The highest BCUT2D eigenvalue weighted by molar-refractivity contribution is 5.88. The second-order valence-electron chi connectivity index (χ2n) is 4.15. The summed E-state index contributed by atoms with van der Waals surface area (Å²) in [5, 5.41) is 17.8. The van der Waals surface area contributed by atoms with Crippen molar-refractivity contribution in [2.24, 2.45) is 0 Å². The van der Waals surface area contributed by atoms with Crippen LogP contribution in [0.1, 0.15) is 23.7 Å². The van der Waals surface area contributed by atoms with E-state index in [-0.39, 0.29) is 12.2 Å². The minimum Gasteiger partial charge on any atom is -0.478 e. The zero-order valence-electron chi connectivity index (χ0n) is 10.2. The average molecular weight is 259 g/mol. The van der Waals surface area contributed by atoms with Gasteiger partial charge >= 0.3 is 5.97 Å². The van der Waals surface area contributed by atoms with E-state index in [1.165, 1.54) is 11.9 Å². The summed E-state index contributed by atoms with van der Waals surface area (Å²) in [6.45, 7) is 1.84. The quantitative estimate of drug-likeness (QED) is 0.847. The summed E-state index contributed by atoms with van der Waals surface area (Å²) in [6.07, 6.45) is -0.215. The second-order valence-corrected chi connectivity index (χ2v) is 4.15. The fourth-order valence-corrected chi connectivity index (χ4v) is 1.55. The lowest BCUT2D eigenvalue weighted by molar-refractivity contribution is 0.0695. The van der Waals surface area contributed by atoms with Crippen LogP contribution in [0.3, 0.4) is 0 Å². The first-order valence-corrected chi connectivity index (χ1v) is 5.44. The third-order valence-corrected chi connectivity index (χ3v) is 2.53. The van der Waals surface area contributed by atoms with E-state index in [1.807, 2.05) is 0 Å². The van der Waals surface area contributed by atoms with Crippen LogP contribution in [0.5, 0.6) is 0 Å². The van der Waals surface area contributed by atoms with Crippen LogP contribution in [0.4, 0.5) is 14.5 Å². The normalized spacial score (nSPS) is 12.3. The van der Waals surface area contributed by atoms with Crippen LogP contribution in [-0.4, -0.2) is 35.9 Å². The van der Waals surface area contributed by atoms with Crippen molar-refractivity contribution in [3.63, 3.8) is 0 Å². The molecule has 18 heavy (non-hydrogen) atoms. The Bertz CT molecular complexity index is 426. The molecule has 0 radical (unpaired) electrons. The first-order chi connectivity index (χ1) is 8.32. The Morgan fingerprint density at radius 2 is 1.89 bits per heavy atom. The van der Waals surface area contributed by atoms with Crippen LogP contribution in [0.15, 0.2) is 12.1 Å². The lowest BCUT2D eigenvalue weighted by atomic mass is 10.1. The molecule has 0 amide bonds. The van der Waals surface area contributed by atoms with E-state index in [0.717, 1.165) is 12.1 Å². The molecule has 4 nitrogen and oxygen atoms in total. The number of hydrogen-bond acceptors (Lipinski definition) is 3. The Hall–Kier alpha value is -1.69. The molecule has 1 rings (SSSR count). The standard InChI is InChI=1S/C12H15F2NO3/c1-7(16)3-4-15(2)11-9(13)5-8(12(17)18)6-10(11)14/h5-7,16H,3-4H2,1-2H3,(H,17,18). The van der Waals surface area contributed by atoms with Gasteiger partial charge in [0.2, 0.25) is 0 Å². The molecule has 6 heteroatoms. The number of nitrogens with zero attached hydrogens (tertiary/aromatic N) is 1. The molecule has 0 heterocycles. The average Bonchev–Trinajstić information content (AvgIpc) is 2.25. The molecule has 100 valence electrons. The number of aromatic carboxylic acids is 1. The van der Waals surface area contributed by atoms with Crippen molar-refractivity contribution in [3.8, 4) is 0 Å². The third-order valence-electron chi connectivity index (χ3n) is 2.53. The molecule has 2 N–H and O–H groups in total. The SMILES string of the molecule is CC(O)CCN(C)c1c(F)cc(C(=O)O)cc1F. The van der Waals surface area contributed by atoms with Gasteiger partial charge in [-0.2, -0.15) is 0 Å². The van der Waals surface area contributed by atoms with E-state index in [2.05, 4.69) is 0 Å². The van der Waals surface area contributed by atoms with E-state index in [1.54, 1.807) is 6.92 Å². The van der Waals surface area contributed by atoms with Crippen LogP contribution < -0.4 is 4.90 Å². The minimum atomic E-state index is -1.38. The number of carboxylic acid groups (broad SMARTS) is 1. The van der Waals surface area contributed by atoms with Crippen molar-refractivity contribution in [2.75, 3.05) is 18.5 Å². The molecular formula is C12H15F2NO3. The maximum absolute atomic E-state index is 13.6. The largest absolute Gasteiger partial charge is 0.478 e. The molecule has 1 unspecified atom stereocenters. The Morgan fingerprint density at radius 1 is 1.39 bits per heavy atom. The molecular weight excluding hydrogens is 244 g/mol. The lowest BCUT2D eigenvalue weighted by Crippen LogP contribution is -2.24. The molecule has 0 fully saturated rings. The number of carboxylic acids is 1. The number of benzene rings is 1. The predicted molar refractivity (Wildman–Crippen MR) is 62.9 cm³/mol. The van der Waals surface area contributed by atoms with E-state index in [9.17, 15) is 13.6 Å². The summed E-state index contributed by atoms with van der Waals surface area (Å²) in [5.41, 5.74) is -0.724. The van der Waals surface area contributed by atoms with E-state index in [4.69, 9.17) is 10.2 Å². The summed E-state index contributed by atoms with van der Waals surface area (Å²) in [7, 11) is 1.48. The van der Waals surface area contributed by atoms with Crippen LogP contribution >= 0.6 is 0 Å². The van der Waals surface area contributed by atoms with E-state index in [0.29, 0.717) is 6.42 Å². The monoisotopic (exact) mass is 259 g/mol. The van der Waals surface area contributed by atoms with Crippen LogP contribution in [-0.2, 0) is 0 Å². The Kier molecular flexibility index (Phi) is 4.61. The highest BCUT2D eigenvalue weighted by Gasteiger charge is 2.17. The smallest absolute Gasteiger partial charge is 0.335 e. The minimum absolute atomic E-state index is 0.262. The van der Waals surface area contributed by atoms with Gasteiger partial charge in [-0.3, -0.25) is 0 Å². The summed E-state index contributed by atoms with van der Waals surface area (Å²) >= 11 is 0. The summed E-state index contributed by atoms with van der Waals surface area (Å²) in [5.74, 6) is -3.24. The fraction of sp³-hybridized carbons (Fsp3) is 0.417. The zero-order chi connectivity index (χ0) is 13.9. The topological polar surface area (TPSA) is 60.8 Å². The zero-order valence-corrected chi connectivity index (χ0v) is 10.2. The molecule has 0 aliphatic heterocycles. The maximum atomic E-state index is 13.6. The molecule has 1 atom stereocenters. The molecule has 0 bridgehead atoms. The molecule has 0 saturated carbocycles. The van der Waals surface area contributed by atoms with Gasteiger partial charge < -0.3 is 15.1 Å². The lowest BCUT2D eigenvalue weighted by Gasteiger charge is -2.21. The molecule has 0 aliphatic carbocycles. The summed E-state index contributed by atoms with van der Waals surface area (Å²) in [4.78, 5) is 11.9. The molecule has 1 aromatic carbocycles. The van der Waals surface area contributed by atoms with Gasteiger partial charge in [0.05, 0.1) is 11.7 Å². The third kappa shape index (κ3) is 3.40. The van der Waals surface area contributed by atoms with E-state index >= 15 is 0 Å². The van der Waals surface area contributed by atoms with Crippen LogP contribution in [0.25, 0.3) is 0 Å². The van der Waals surface area contributed by atoms with Crippen LogP contribution in [0, 0.1) is 11.6 Å². The highest BCUT2D eigenvalue weighted by atomic mass is 19.1. The number of halogens is 2. The van der Waals surface area contributed by atoms with Gasteiger partial charge in [-0.15, -0.1) is 0 Å². The van der Waals surface area contributed by atoms with E-state index < -0.39 is 29.3 Å². The number of hydrogen-bond donors (Lipinski definition) is 2. The number of anilines is 1. The number of aliphatic hydroxyl groups is 1. The van der Waals surface area contributed by atoms with Crippen LogP contribution in [0.2, 0.25) is 0 Å². The first kappa shape index (κ1) is 14.4. The van der Waals surface area contributed by atoms with Crippen molar-refractivity contribution in [1.82, 2.24) is 0 Å². The van der Waals surface area contributed by atoms with Gasteiger partial charge in [-0.05, 0) is 25.5 Å². The number of aliphatic hydroxyl groups excluding tert-OH is 1. The van der Waals surface area contributed by atoms with Crippen molar-refractivity contribution in [1.29, 1.82) is 0 Å². The molecule has 0 aliphatic rings. The highest BCUT2D eigenvalue weighted by Crippen LogP contribution is 2.24. The fourth-order valence-electron chi connectivity index (χ4n) is 1.55. The van der Waals surface area contributed by atoms with Crippen molar-refractivity contribution >= 4 is 11.7 Å². The molecule has 0 aromatic heterocycles.